The number of aryl methyl sites for hydroxylation is 4. The number of rotatable bonds is 7. The zero-order chi connectivity index (χ0) is 21.0. The first-order valence-corrected chi connectivity index (χ1v) is 11.8. The molecule has 6 heteroatoms. The predicted octanol–water partition coefficient (Wildman–Crippen LogP) is 3.27. The molecule has 29 heavy (non-hydrogen) atoms. The molecule has 5 nitrogen and oxygen atoms in total. The summed E-state index contributed by atoms with van der Waals surface area (Å²) in [5.74, 6) is 0. The number of nitrogens with zero attached hydrogens (tertiary/aromatic N) is 2. The van der Waals surface area contributed by atoms with Gasteiger partial charge in [-0.3, -0.25) is 0 Å². The highest BCUT2D eigenvalue weighted by Gasteiger charge is 2.17. The molecule has 1 aliphatic rings. The molecular weight excluding hydrogens is 382 g/mol. The molecule has 0 unspecified atom stereocenters. The van der Waals surface area contributed by atoms with Crippen LogP contribution in [0.5, 0.6) is 0 Å². The molecule has 0 aromatic heterocycles. The minimum atomic E-state index is -3.47. The van der Waals surface area contributed by atoms with Gasteiger partial charge in [-0.05, 0) is 81.1 Å². The van der Waals surface area contributed by atoms with Crippen LogP contribution in [0.15, 0.2) is 41.3 Å². The molecule has 1 N–H and O–H groups in total. The quantitative estimate of drug-likeness (QED) is 0.705. The number of benzene rings is 2. The van der Waals surface area contributed by atoms with E-state index < -0.39 is 10.0 Å². The fourth-order valence-electron chi connectivity index (χ4n) is 3.74. The lowest BCUT2D eigenvalue weighted by Gasteiger charge is -2.34. The standard InChI is InChI=1S/C23H33N3O2S/c1-18-16-20(3)23(17-19(18)2)29(27,28)24-11-5-6-21-7-9-22(10-8-21)26-14-12-25(4)13-15-26/h7-10,16-17,24H,5-6,11-15H2,1-4H3. The van der Waals surface area contributed by atoms with Gasteiger partial charge in [-0.25, -0.2) is 13.1 Å². The van der Waals surface area contributed by atoms with Crippen LogP contribution in [0, 0.1) is 20.8 Å². The molecule has 1 heterocycles. The van der Waals surface area contributed by atoms with Crippen molar-refractivity contribution >= 4 is 15.7 Å². The van der Waals surface area contributed by atoms with E-state index >= 15 is 0 Å². The van der Waals surface area contributed by atoms with E-state index in [4.69, 9.17) is 0 Å². The van der Waals surface area contributed by atoms with Gasteiger partial charge in [0.1, 0.15) is 0 Å². The van der Waals surface area contributed by atoms with Crippen molar-refractivity contribution in [2.45, 2.75) is 38.5 Å². The van der Waals surface area contributed by atoms with E-state index in [1.807, 2.05) is 26.8 Å². The molecule has 0 atom stereocenters. The Morgan fingerprint density at radius 1 is 0.897 bits per heavy atom. The van der Waals surface area contributed by atoms with Crippen molar-refractivity contribution in [2.75, 3.05) is 44.7 Å². The summed E-state index contributed by atoms with van der Waals surface area (Å²) in [6, 6.07) is 12.4. The summed E-state index contributed by atoms with van der Waals surface area (Å²) in [7, 11) is -1.31. The molecular formula is C23H33N3O2S. The van der Waals surface area contributed by atoms with Gasteiger partial charge < -0.3 is 9.80 Å². The zero-order valence-corrected chi connectivity index (χ0v) is 18.8. The Kier molecular flexibility index (Phi) is 6.98. The van der Waals surface area contributed by atoms with Crippen molar-refractivity contribution in [3.05, 3.63) is 58.7 Å². The van der Waals surface area contributed by atoms with Gasteiger partial charge in [0.15, 0.2) is 0 Å². The Labute approximate surface area is 175 Å². The van der Waals surface area contributed by atoms with Gasteiger partial charge >= 0.3 is 0 Å². The largest absolute Gasteiger partial charge is 0.369 e. The molecule has 2 aromatic rings. The number of sulfonamides is 1. The van der Waals surface area contributed by atoms with Crippen molar-refractivity contribution in [2.24, 2.45) is 0 Å². The van der Waals surface area contributed by atoms with Gasteiger partial charge in [-0.2, -0.15) is 0 Å². The molecule has 1 saturated heterocycles. The van der Waals surface area contributed by atoms with Crippen LogP contribution in [0.25, 0.3) is 0 Å². The van der Waals surface area contributed by atoms with E-state index in [0.717, 1.165) is 55.7 Å². The monoisotopic (exact) mass is 415 g/mol. The second-order valence-corrected chi connectivity index (χ2v) is 9.90. The normalized spacial score (nSPS) is 15.7. The van der Waals surface area contributed by atoms with Crippen molar-refractivity contribution in [3.63, 3.8) is 0 Å². The molecule has 1 aliphatic heterocycles. The minimum absolute atomic E-state index is 0.386. The summed E-state index contributed by atoms with van der Waals surface area (Å²) in [6.45, 7) is 10.6. The maximum atomic E-state index is 12.7. The van der Waals surface area contributed by atoms with E-state index in [-0.39, 0.29) is 0 Å². The van der Waals surface area contributed by atoms with Crippen LogP contribution >= 0.6 is 0 Å². The van der Waals surface area contributed by atoms with Gasteiger partial charge in [-0.15, -0.1) is 0 Å². The van der Waals surface area contributed by atoms with Crippen LogP contribution in [0.1, 0.15) is 28.7 Å². The summed E-state index contributed by atoms with van der Waals surface area (Å²) in [6.07, 6.45) is 1.63. The number of hydrogen-bond donors (Lipinski definition) is 1. The summed E-state index contributed by atoms with van der Waals surface area (Å²) in [5, 5.41) is 0. The lowest BCUT2D eigenvalue weighted by Crippen LogP contribution is -2.44. The molecule has 2 aromatic carbocycles. The van der Waals surface area contributed by atoms with Gasteiger partial charge in [0.05, 0.1) is 4.90 Å². The third kappa shape index (κ3) is 5.59. The van der Waals surface area contributed by atoms with Gasteiger partial charge in [0.25, 0.3) is 0 Å². The Bertz CT molecular complexity index is 931. The number of piperazine rings is 1. The fraction of sp³-hybridized carbons (Fsp3) is 0.478. The van der Waals surface area contributed by atoms with E-state index in [9.17, 15) is 8.42 Å². The fourth-order valence-corrected chi connectivity index (χ4v) is 5.12. The Hall–Kier alpha value is -1.89. The molecule has 158 valence electrons. The van der Waals surface area contributed by atoms with Gasteiger partial charge in [0, 0.05) is 38.4 Å². The molecule has 0 spiro atoms. The number of anilines is 1. The lowest BCUT2D eigenvalue weighted by atomic mass is 10.1. The third-order valence-electron chi connectivity index (χ3n) is 5.82. The first-order valence-electron chi connectivity index (χ1n) is 10.4. The van der Waals surface area contributed by atoms with E-state index in [1.54, 1.807) is 6.07 Å². The van der Waals surface area contributed by atoms with Crippen molar-refractivity contribution in [3.8, 4) is 0 Å². The maximum Gasteiger partial charge on any atom is 0.240 e. The molecule has 0 radical (unpaired) electrons. The highest BCUT2D eigenvalue weighted by atomic mass is 32.2. The minimum Gasteiger partial charge on any atom is -0.369 e. The van der Waals surface area contributed by atoms with Crippen LogP contribution in [0.3, 0.4) is 0 Å². The zero-order valence-electron chi connectivity index (χ0n) is 18.0. The van der Waals surface area contributed by atoms with E-state index in [2.05, 4.69) is 45.8 Å². The topological polar surface area (TPSA) is 52.7 Å². The number of likely N-dealkylation sites (N-methyl/N-ethyl adjacent to an activating group) is 1. The molecule has 0 amide bonds. The number of nitrogens with one attached hydrogen (secondary N) is 1. The Morgan fingerprint density at radius 2 is 1.52 bits per heavy atom. The predicted molar refractivity (Wildman–Crippen MR) is 120 cm³/mol. The Balaban J connectivity index is 1.51. The van der Waals surface area contributed by atoms with Crippen molar-refractivity contribution in [1.82, 2.24) is 9.62 Å². The second kappa shape index (κ2) is 9.28. The highest BCUT2D eigenvalue weighted by molar-refractivity contribution is 7.89. The summed E-state index contributed by atoms with van der Waals surface area (Å²) in [5.41, 5.74) is 5.41. The van der Waals surface area contributed by atoms with Crippen LogP contribution < -0.4 is 9.62 Å². The van der Waals surface area contributed by atoms with E-state index in [1.165, 1.54) is 11.3 Å². The van der Waals surface area contributed by atoms with Crippen molar-refractivity contribution in [1.29, 1.82) is 0 Å². The lowest BCUT2D eigenvalue weighted by molar-refractivity contribution is 0.313. The van der Waals surface area contributed by atoms with Gasteiger partial charge in [-0.1, -0.05) is 18.2 Å². The van der Waals surface area contributed by atoms with Crippen LogP contribution in [0.4, 0.5) is 5.69 Å². The van der Waals surface area contributed by atoms with Crippen molar-refractivity contribution < 1.29 is 8.42 Å². The highest BCUT2D eigenvalue weighted by Crippen LogP contribution is 2.20. The first kappa shape index (κ1) is 21.8. The number of hydrogen-bond acceptors (Lipinski definition) is 4. The molecule has 1 fully saturated rings. The summed E-state index contributed by atoms with van der Waals surface area (Å²) in [4.78, 5) is 5.16. The SMILES string of the molecule is Cc1cc(C)c(S(=O)(=O)NCCCc2ccc(N3CCN(C)CC3)cc2)cc1C. The van der Waals surface area contributed by atoms with E-state index in [0.29, 0.717) is 11.4 Å². The Morgan fingerprint density at radius 3 is 2.17 bits per heavy atom. The van der Waals surface area contributed by atoms with Crippen LogP contribution in [-0.4, -0.2) is 53.1 Å². The summed E-state index contributed by atoms with van der Waals surface area (Å²) < 4.78 is 28.1. The first-order chi connectivity index (χ1) is 13.8. The molecule has 0 saturated carbocycles. The molecule has 0 bridgehead atoms. The maximum absolute atomic E-state index is 12.7. The van der Waals surface area contributed by atoms with Crippen LogP contribution in [-0.2, 0) is 16.4 Å². The average molecular weight is 416 g/mol. The van der Waals surface area contributed by atoms with Gasteiger partial charge in [0.2, 0.25) is 10.0 Å². The molecule has 0 aliphatic carbocycles. The second-order valence-electron chi connectivity index (χ2n) is 8.16. The molecule has 3 rings (SSSR count). The summed E-state index contributed by atoms with van der Waals surface area (Å²) >= 11 is 0. The third-order valence-corrected chi connectivity index (χ3v) is 7.42. The van der Waals surface area contributed by atoms with Crippen LogP contribution in [0.2, 0.25) is 0 Å². The smallest absolute Gasteiger partial charge is 0.240 e. The average Bonchev–Trinajstić information content (AvgIpc) is 2.69.